The van der Waals surface area contributed by atoms with Crippen molar-refractivity contribution in [2.75, 3.05) is 10.6 Å². The first-order chi connectivity index (χ1) is 14.6. The fourth-order valence-corrected chi connectivity index (χ4v) is 4.94. The van der Waals surface area contributed by atoms with Crippen LogP contribution in [-0.4, -0.2) is 5.78 Å². The van der Waals surface area contributed by atoms with Gasteiger partial charge in [0, 0.05) is 27.2 Å². The lowest BCUT2D eigenvalue weighted by Gasteiger charge is -2.30. The molecule has 3 aromatic rings. The maximum Gasteiger partial charge on any atom is 0.163 e. The van der Waals surface area contributed by atoms with E-state index in [4.69, 9.17) is 11.6 Å². The summed E-state index contributed by atoms with van der Waals surface area (Å²) in [6.45, 7) is 0. The van der Waals surface area contributed by atoms with Gasteiger partial charge in [-0.15, -0.1) is 0 Å². The van der Waals surface area contributed by atoms with Crippen molar-refractivity contribution in [3.63, 3.8) is 0 Å². The van der Waals surface area contributed by atoms with Crippen molar-refractivity contribution < 1.29 is 4.79 Å². The minimum atomic E-state index is -0.202. The van der Waals surface area contributed by atoms with E-state index in [1.807, 2.05) is 60.7 Å². The molecule has 0 amide bonds. The second kappa shape index (κ2) is 7.93. The van der Waals surface area contributed by atoms with Gasteiger partial charge in [0.1, 0.15) is 0 Å². The van der Waals surface area contributed by atoms with E-state index >= 15 is 0 Å². The molecule has 5 rings (SSSR count). The van der Waals surface area contributed by atoms with E-state index in [9.17, 15) is 4.79 Å². The summed E-state index contributed by atoms with van der Waals surface area (Å²) in [5, 5.41) is 7.90. The molecule has 3 aromatic carbocycles. The number of hydrogen-bond donors (Lipinski definition) is 2. The topological polar surface area (TPSA) is 41.1 Å². The molecule has 0 aromatic heterocycles. The average molecular weight is 480 g/mol. The molecule has 0 saturated heterocycles. The molecule has 2 aliphatic rings. The summed E-state index contributed by atoms with van der Waals surface area (Å²) >= 11 is 9.64. The van der Waals surface area contributed by atoms with Crippen LogP contribution in [0, 0.1) is 0 Å². The molecule has 0 bridgehead atoms. The average Bonchev–Trinajstić information content (AvgIpc) is 2.91. The summed E-state index contributed by atoms with van der Waals surface area (Å²) < 4.78 is 0.997. The number of halogens is 2. The summed E-state index contributed by atoms with van der Waals surface area (Å²) in [6.07, 6.45) is 1.27. The molecule has 0 spiro atoms. The highest BCUT2D eigenvalue weighted by molar-refractivity contribution is 9.10. The fraction of sp³-hybridized carbons (Fsp3) is 0.160. The monoisotopic (exact) mass is 478 g/mol. The molecule has 0 unspecified atom stereocenters. The second-order valence-electron chi connectivity index (χ2n) is 7.78. The zero-order valence-electron chi connectivity index (χ0n) is 16.2. The van der Waals surface area contributed by atoms with E-state index < -0.39 is 0 Å². The van der Waals surface area contributed by atoms with Crippen molar-refractivity contribution in [1.29, 1.82) is 0 Å². The Balaban J connectivity index is 1.61. The van der Waals surface area contributed by atoms with Gasteiger partial charge in [-0.1, -0.05) is 63.9 Å². The molecule has 3 nitrogen and oxygen atoms in total. The Labute approximate surface area is 189 Å². The first kappa shape index (κ1) is 19.4. The van der Waals surface area contributed by atoms with Gasteiger partial charge in [-0.25, -0.2) is 0 Å². The van der Waals surface area contributed by atoms with E-state index in [0.29, 0.717) is 11.4 Å². The van der Waals surface area contributed by atoms with Crippen molar-refractivity contribution in [1.82, 2.24) is 0 Å². The van der Waals surface area contributed by atoms with Gasteiger partial charge < -0.3 is 10.6 Å². The standard InChI is InChI=1S/C25H20BrClN2O/c26-18-5-3-4-16(12-18)25-24-22(28-20-6-1-2-7-21(20)29-25)13-17(14-23(24)30)15-8-10-19(27)11-9-15/h1-12,17,25,28-29H,13-14H2/t17-,25+/m0/s1. The van der Waals surface area contributed by atoms with Crippen LogP contribution < -0.4 is 10.6 Å². The molecule has 1 aliphatic carbocycles. The SMILES string of the molecule is O=C1C[C@@H](c2ccc(Cl)cc2)CC2=C1[C@@H](c1cccc(Br)c1)Nc1ccccc1N2. The van der Waals surface area contributed by atoms with Crippen molar-refractivity contribution in [3.05, 3.63) is 105 Å². The second-order valence-corrected chi connectivity index (χ2v) is 9.13. The van der Waals surface area contributed by atoms with E-state index in [2.05, 4.69) is 38.7 Å². The normalized spacial score (nSPS) is 20.5. The van der Waals surface area contributed by atoms with Crippen LogP contribution in [0.3, 0.4) is 0 Å². The van der Waals surface area contributed by atoms with Gasteiger partial charge in [-0.3, -0.25) is 4.79 Å². The molecule has 0 saturated carbocycles. The molecule has 2 N–H and O–H groups in total. The molecule has 150 valence electrons. The number of rotatable bonds is 2. The summed E-state index contributed by atoms with van der Waals surface area (Å²) in [7, 11) is 0. The summed E-state index contributed by atoms with van der Waals surface area (Å²) in [5.41, 5.74) is 6.02. The number of hydrogen-bond acceptors (Lipinski definition) is 3. The fourth-order valence-electron chi connectivity index (χ4n) is 4.40. The minimum Gasteiger partial charge on any atom is -0.372 e. The van der Waals surface area contributed by atoms with Crippen LogP contribution in [0.4, 0.5) is 11.4 Å². The van der Waals surface area contributed by atoms with Crippen molar-refractivity contribution >= 4 is 44.7 Å². The van der Waals surface area contributed by atoms with Crippen molar-refractivity contribution in [3.8, 4) is 0 Å². The third-order valence-corrected chi connectivity index (χ3v) is 6.58. The number of nitrogens with one attached hydrogen (secondary N) is 2. The van der Waals surface area contributed by atoms with Crippen LogP contribution in [0.1, 0.15) is 35.9 Å². The van der Waals surface area contributed by atoms with E-state index in [1.54, 1.807) is 0 Å². The van der Waals surface area contributed by atoms with Crippen LogP contribution in [0.15, 0.2) is 88.5 Å². The Bertz CT molecular complexity index is 1160. The van der Waals surface area contributed by atoms with Gasteiger partial charge in [-0.05, 0) is 59.9 Å². The molecule has 1 aliphatic heterocycles. The molecule has 5 heteroatoms. The van der Waals surface area contributed by atoms with Crippen molar-refractivity contribution in [2.45, 2.75) is 24.8 Å². The molecular weight excluding hydrogens is 460 g/mol. The highest BCUT2D eigenvalue weighted by Gasteiger charge is 2.36. The Kier molecular flexibility index (Phi) is 5.13. The van der Waals surface area contributed by atoms with E-state index in [-0.39, 0.29) is 17.7 Å². The maximum atomic E-state index is 13.5. The minimum absolute atomic E-state index is 0.134. The number of carbonyl (C=O) groups excluding carboxylic acids is 1. The summed E-state index contributed by atoms with van der Waals surface area (Å²) in [6, 6.07) is 23.9. The van der Waals surface area contributed by atoms with Gasteiger partial charge in [0.2, 0.25) is 0 Å². The predicted octanol–water partition coefficient (Wildman–Crippen LogP) is 7.08. The first-order valence-electron chi connectivity index (χ1n) is 9.98. The molecular formula is C25H20BrClN2O. The van der Waals surface area contributed by atoms with Crippen LogP contribution in [0.2, 0.25) is 5.02 Å². The zero-order valence-corrected chi connectivity index (χ0v) is 18.5. The molecule has 2 atom stereocenters. The van der Waals surface area contributed by atoms with Crippen LogP contribution in [-0.2, 0) is 4.79 Å². The summed E-state index contributed by atoms with van der Waals surface area (Å²) in [5.74, 6) is 0.309. The van der Waals surface area contributed by atoms with Crippen LogP contribution in [0.5, 0.6) is 0 Å². The van der Waals surface area contributed by atoms with E-state index in [1.165, 1.54) is 0 Å². The number of carbonyl (C=O) groups is 1. The van der Waals surface area contributed by atoms with Gasteiger partial charge in [-0.2, -0.15) is 0 Å². The third kappa shape index (κ3) is 3.66. The largest absolute Gasteiger partial charge is 0.372 e. The first-order valence-corrected chi connectivity index (χ1v) is 11.2. The maximum absolute atomic E-state index is 13.5. The van der Waals surface area contributed by atoms with E-state index in [0.717, 1.165) is 44.7 Å². The lowest BCUT2D eigenvalue weighted by atomic mass is 9.78. The number of anilines is 2. The van der Waals surface area contributed by atoms with Crippen LogP contribution in [0.25, 0.3) is 0 Å². The quantitative estimate of drug-likeness (QED) is 0.412. The summed E-state index contributed by atoms with van der Waals surface area (Å²) in [4.78, 5) is 13.5. The predicted molar refractivity (Wildman–Crippen MR) is 126 cm³/mol. The Hall–Kier alpha value is -2.56. The Morgan fingerprint density at radius 3 is 2.40 bits per heavy atom. The number of para-hydroxylation sites is 2. The third-order valence-electron chi connectivity index (χ3n) is 5.83. The highest BCUT2D eigenvalue weighted by Crippen LogP contribution is 2.44. The number of fused-ring (bicyclic) bond motifs is 1. The number of allylic oxidation sites excluding steroid dienone is 1. The van der Waals surface area contributed by atoms with Gasteiger partial charge in [0.05, 0.1) is 17.4 Å². The van der Waals surface area contributed by atoms with Crippen molar-refractivity contribution in [2.24, 2.45) is 0 Å². The molecule has 30 heavy (non-hydrogen) atoms. The van der Waals surface area contributed by atoms with Crippen LogP contribution >= 0.6 is 27.5 Å². The number of ketones is 1. The highest BCUT2D eigenvalue weighted by atomic mass is 79.9. The number of Topliss-reactive ketones (excluding diaryl/α,β-unsaturated/α-hetero) is 1. The Morgan fingerprint density at radius 1 is 0.867 bits per heavy atom. The molecule has 0 radical (unpaired) electrons. The van der Waals surface area contributed by atoms with Gasteiger partial charge in [0.15, 0.2) is 5.78 Å². The molecule has 0 fully saturated rings. The lowest BCUT2D eigenvalue weighted by molar-refractivity contribution is -0.116. The number of benzene rings is 3. The van der Waals surface area contributed by atoms with Gasteiger partial charge >= 0.3 is 0 Å². The van der Waals surface area contributed by atoms with Gasteiger partial charge in [0.25, 0.3) is 0 Å². The molecule has 1 heterocycles. The smallest absolute Gasteiger partial charge is 0.163 e. The zero-order chi connectivity index (χ0) is 20.7. The Morgan fingerprint density at radius 2 is 1.63 bits per heavy atom. The lowest BCUT2D eigenvalue weighted by Crippen LogP contribution is -2.26.